The minimum Gasteiger partial charge on any atom is -0.496 e. The maximum absolute atomic E-state index is 12.4. The van der Waals surface area contributed by atoms with Crippen molar-refractivity contribution in [3.63, 3.8) is 0 Å². The van der Waals surface area contributed by atoms with Crippen LogP contribution >= 0.6 is 0 Å². The highest BCUT2D eigenvalue weighted by Gasteiger charge is 2.27. The number of amidine groups is 1. The number of likely N-dealkylation sites (tertiary alicyclic amines) is 1. The van der Waals surface area contributed by atoms with Crippen molar-refractivity contribution in [1.29, 1.82) is 5.41 Å². The van der Waals surface area contributed by atoms with Crippen LogP contribution in [0.15, 0.2) is 42.5 Å². The van der Waals surface area contributed by atoms with Crippen LogP contribution in [0.4, 0.5) is 0 Å². The van der Waals surface area contributed by atoms with E-state index in [1.165, 1.54) is 7.11 Å². The number of amides is 2. The molecule has 3 rings (SSSR count). The Morgan fingerprint density at radius 3 is 2.30 bits per heavy atom. The lowest BCUT2D eigenvalue weighted by Crippen LogP contribution is -2.45. The average Bonchev–Trinajstić information content (AvgIpc) is 2.86. The summed E-state index contributed by atoms with van der Waals surface area (Å²) in [5.41, 5.74) is 4.20. The first kappa shape index (κ1) is 23.7. The van der Waals surface area contributed by atoms with Crippen molar-refractivity contribution in [1.82, 2.24) is 15.7 Å². The minimum absolute atomic E-state index is 0.151. The van der Waals surface area contributed by atoms with Crippen LogP contribution in [-0.4, -0.2) is 65.6 Å². The fourth-order valence-electron chi connectivity index (χ4n) is 3.70. The Morgan fingerprint density at radius 1 is 1.09 bits per heavy atom. The number of hydrogen-bond acceptors (Lipinski definition) is 6. The second-order valence-corrected chi connectivity index (χ2v) is 7.66. The maximum atomic E-state index is 12.4. The molecule has 0 saturated carbocycles. The molecule has 0 atom stereocenters. The van der Waals surface area contributed by atoms with Crippen LogP contribution in [0.25, 0.3) is 11.1 Å². The van der Waals surface area contributed by atoms with E-state index in [9.17, 15) is 14.4 Å². The Balaban J connectivity index is 1.59. The van der Waals surface area contributed by atoms with Gasteiger partial charge in [0, 0.05) is 18.7 Å². The lowest BCUT2D eigenvalue weighted by molar-refractivity contribution is -0.145. The van der Waals surface area contributed by atoms with Crippen molar-refractivity contribution in [2.75, 3.05) is 26.7 Å². The number of carboxylic acid groups (broad SMARTS) is 1. The highest BCUT2D eigenvalue weighted by atomic mass is 16.5. The molecular formula is C23H26N4O6. The van der Waals surface area contributed by atoms with Crippen molar-refractivity contribution in [2.45, 2.75) is 12.8 Å². The Hall–Kier alpha value is -3.92. The second-order valence-electron chi connectivity index (χ2n) is 7.66. The molecule has 1 aliphatic rings. The summed E-state index contributed by atoms with van der Waals surface area (Å²) in [5.74, 6) is -1.66. The summed E-state index contributed by atoms with van der Waals surface area (Å²) in [6.07, 6.45) is 0.833. The molecule has 0 aliphatic carbocycles. The number of hydrogen-bond donors (Lipinski definition) is 5. The van der Waals surface area contributed by atoms with Gasteiger partial charge in [0.1, 0.15) is 5.75 Å². The number of carbonyl (C=O) groups is 3. The number of rotatable bonds is 7. The van der Waals surface area contributed by atoms with E-state index < -0.39 is 11.9 Å². The van der Waals surface area contributed by atoms with E-state index in [0.29, 0.717) is 42.8 Å². The van der Waals surface area contributed by atoms with Crippen molar-refractivity contribution in [3.05, 3.63) is 53.6 Å². The van der Waals surface area contributed by atoms with Gasteiger partial charge in [-0.2, -0.15) is 0 Å². The molecule has 0 radical (unpaired) electrons. The maximum Gasteiger partial charge on any atom is 0.306 e. The second kappa shape index (κ2) is 10.6. The number of carbonyl (C=O) groups excluding carboxylic acids is 2. The predicted octanol–water partition coefficient (Wildman–Crippen LogP) is 1.72. The summed E-state index contributed by atoms with van der Waals surface area (Å²) in [4.78, 5) is 37.4. The highest BCUT2D eigenvalue weighted by Crippen LogP contribution is 2.27. The van der Waals surface area contributed by atoms with Crippen molar-refractivity contribution < 1.29 is 29.4 Å². The Bertz CT molecular complexity index is 1050. The minimum atomic E-state index is -0.838. The number of benzene rings is 2. The van der Waals surface area contributed by atoms with Crippen LogP contribution < -0.4 is 15.5 Å². The van der Waals surface area contributed by atoms with Crippen LogP contribution in [-0.2, 0) is 9.59 Å². The molecule has 0 bridgehead atoms. The fraction of sp³-hybridized carbons (Fsp3) is 0.304. The van der Waals surface area contributed by atoms with Gasteiger partial charge in [-0.15, -0.1) is 0 Å². The molecule has 174 valence electrons. The topological polar surface area (TPSA) is 152 Å². The molecule has 1 heterocycles. The van der Waals surface area contributed by atoms with Crippen LogP contribution in [0.1, 0.15) is 28.8 Å². The van der Waals surface area contributed by atoms with Crippen molar-refractivity contribution in [2.24, 2.45) is 5.92 Å². The number of hydroxylamine groups is 1. The number of ether oxygens (including phenoxy) is 1. The summed E-state index contributed by atoms with van der Waals surface area (Å²) < 4.78 is 5.29. The molecule has 10 heteroatoms. The van der Waals surface area contributed by atoms with Gasteiger partial charge in [-0.3, -0.25) is 30.5 Å². The van der Waals surface area contributed by atoms with Gasteiger partial charge in [-0.25, -0.2) is 0 Å². The van der Waals surface area contributed by atoms with E-state index in [2.05, 4.69) is 5.32 Å². The Labute approximate surface area is 190 Å². The summed E-state index contributed by atoms with van der Waals surface area (Å²) in [6, 6.07) is 11.9. The van der Waals surface area contributed by atoms with Gasteiger partial charge < -0.3 is 20.1 Å². The monoisotopic (exact) mass is 454 g/mol. The third kappa shape index (κ3) is 5.66. The number of aliphatic carboxylic acids is 1. The van der Waals surface area contributed by atoms with Crippen LogP contribution in [0.2, 0.25) is 0 Å². The summed E-state index contributed by atoms with van der Waals surface area (Å²) >= 11 is 0. The summed E-state index contributed by atoms with van der Waals surface area (Å²) in [5, 5.41) is 28.3. The Morgan fingerprint density at radius 2 is 1.73 bits per heavy atom. The molecule has 10 nitrogen and oxygen atoms in total. The van der Waals surface area contributed by atoms with Gasteiger partial charge in [0.25, 0.3) is 5.91 Å². The lowest BCUT2D eigenvalue weighted by Gasteiger charge is -2.30. The molecule has 33 heavy (non-hydrogen) atoms. The quantitative estimate of drug-likeness (QED) is 0.243. The van der Waals surface area contributed by atoms with Crippen molar-refractivity contribution in [3.8, 4) is 16.9 Å². The zero-order chi connectivity index (χ0) is 24.0. The third-order valence-corrected chi connectivity index (χ3v) is 5.66. The summed E-state index contributed by atoms with van der Waals surface area (Å²) in [6.45, 7) is 0.592. The molecule has 5 N–H and O–H groups in total. The Kier molecular flexibility index (Phi) is 7.62. The van der Waals surface area contributed by atoms with Gasteiger partial charge >= 0.3 is 5.97 Å². The van der Waals surface area contributed by atoms with Crippen LogP contribution in [0, 0.1) is 11.3 Å². The zero-order valence-electron chi connectivity index (χ0n) is 18.1. The zero-order valence-corrected chi connectivity index (χ0v) is 18.1. The van der Waals surface area contributed by atoms with Gasteiger partial charge in [-0.05, 0) is 48.2 Å². The van der Waals surface area contributed by atoms with Gasteiger partial charge in [-0.1, -0.05) is 18.2 Å². The van der Waals surface area contributed by atoms with E-state index in [1.807, 2.05) is 0 Å². The molecule has 0 spiro atoms. The summed E-state index contributed by atoms with van der Waals surface area (Å²) in [7, 11) is 1.47. The predicted molar refractivity (Wildman–Crippen MR) is 119 cm³/mol. The van der Waals surface area contributed by atoms with E-state index in [1.54, 1.807) is 52.8 Å². The first-order valence-electron chi connectivity index (χ1n) is 10.4. The van der Waals surface area contributed by atoms with Crippen LogP contribution in [0.3, 0.4) is 0 Å². The number of piperidine rings is 1. The molecule has 1 aliphatic heterocycles. The number of carboxylic acids is 1. The molecule has 1 fully saturated rings. The van der Waals surface area contributed by atoms with Gasteiger partial charge in [0.05, 0.1) is 25.1 Å². The fourth-order valence-corrected chi connectivity index (χ4v) is 3.70. The van der Waals surface area contributed by atoms with E-state index in [-0.39, 0.29) is 24.2 Å². The smallest absolute Gasteiger partial charge is 0.306 e. The van der Waals surface area contributed by atoms with Crippen LogP contribution in [0.5, 0.6) is 5.75 Å². The SMILES string of the molecule is COc1cc(-c2ccc(C(=O)NCC(=O)N3CCC(C(=O)O)CC3)cc2)ccc1C(=N)NO. The molecule has 2 aromatic rings. The standard InChI is InChI=1S/C23H26N4O6/c1-33-19-12-17(6-7-18(19)21(24)26-32)14-2-4-15(5-3-14)22(29)25-13-20(28)27-10-8-16(9-11-27)23(30)31/h2-7,12,16,32H,8-11,13H2,1H3,(H2,24,26)(H,25,29)(H,30,31). The van der Waals surface area contributed by atoms with Gasteiger partial charge in [0.2, 0.25) is 5.91 Å². The largest absolute Gasteiger partial charge is 0.496 e. The first-order chi connectivity index (χ1) is 15.8. The van der Waals surface area contributed by atoms with E-state index in [0.717, 1.165) is 11.1 Å². The van der Waals surface area contributed by atoms with Gasteiger partial charge in [0.15, 0.2) is 5.84 Å². The normalized spacial score (nSPS) is 13.8. The third-order valence-electron chi connectivity index (χ3n) is 5.66. The highest BCUT2D eigenvalue weighted by molar-refractivity contribution is 5.99. The van der Waals surface area contributed by atoms with E-state index >= 15 is 0 Å². The number of methoxy groups -OCH3 is 1. The van der Waals surface area contributed by atoms with Crippen molar-refractivity contribution >= 4 is 23.6 Å². The van der Waals surface area contributed by atoms with E-state index in [4.69, 9.17) is 20.5 Å². The molecule has 1 saturated heterocycles. The first-order valence-corrected chi connectivity index (χ1v) is 10.4. The molecule has 2 amide bonds. The molecular weight excluding hydrogens is 428 g/mol. The lowest BCUT2D eigenvalue weighted by atomic mass is 9.97. The number of nitrogens with zero attached hydrogens (tertiary/aromatic N) is 1. The number of nitrogens with one attached hydrogen (secondary N) is 3. The molecule has 0 unspecified atom stereocenters. The molecule has 2 aromatic carbocycles. The average molecular weight is 454 g/mol. The molecule has 0 aromatic heterocycles.